The predicted octanol–water partition coefficient (Wildman–Crippen LogP) is 5.89. The highest BCUT2D eigenvalue weighted by atomic mass is 19.1. The van der Waals surface area contributed by atoms with Gasteiger partial charge in [0.15, 0.2) is 0 Å². The van der Waals surface area contributed by atoms with Gasteiger partial charge in [-0.05, 0) is 82.3 Å². The summed E-state index contributed by atoms with van der Waals surface area (Å²) in [5, 5.41) is 13.0. The number of H-pyrrole nitrogens is 2. The fourth-order valence-corrected chi connectivity index (χ4v) is 5.06. The SMILES string of the molecule is CN(C)CCNc1cc(F)cc(-c2nccc3[nH]c(-c4n[nH]c5ccc(-c6cncc(OCCN(C)C)c6)cc45)cc23)c1. The van der Waals surface area contributed by atoms with E-state index in [-0.39, 0.29) is 5.82 Å². The molecule has 4 aromatic heterocycles. The van der Waals surface area contributed by atoms with Gasteiger partial charge >= 0.3 is 0 Å². The van der Waals surface area contributed by atoms with E-state index < -0.39 is 0 Å². The second-order valence-corrected chi connectivity index (χ2v) is 11.2. The van der Waals surface area contributed by atoms with E-state index in [0.717, 1.165) is 68.8 Å². The first-order valence-electron chi connectivity index (χ1n) is 14.2. The van der Waals surface area contributed by atoms with Crippen LogP contribution in [-0.2, 0) is 0 Å². The second kappa shape index (κ2) is 12.2. The average Bonchev–Trinajstić information content (AvgIpc) is 3.60. The molecule has 2 aromatic carbocycles. The fourth-order valence-electron chi connectivity index (χ4n) is 5.06. The number of nitrogens with one attached hydrogen (secondary N) is 3. The zero-order valence-electron chi connectivity index (χ0n) is 24.8. The molecule has 4 heterocycles. The first-order valence-corrected chi connectivity index (χ1v) is 14.2. The van der Waals surface area contributed by atoms with Gasteiger partial charge in [-0.1, -0.05) is 6.07 Å². The van der Waals surface area contributed by atoms with Crippen molar-refractivity contribution >= 4 is 27.5 Å². The molecule has 0 bridgehead atoms. The molecular weight excluding hydrogens is 543 g/mol. The number of hydrogen-bond donors (Lipinski definition) is 3. The van der Waals surface area contributed by atoms with Crippen LogP contribution >= 0.6 is 0 Å². The number of hydrogen-bond acceptors (Lipinski definition) is 7. The third kappa shape index (κ3) is 6.35. The van der Waals surface area contributed by atoms with Gasteiger partial charge in [0.25, 0.3) is 0 Å². The number of aromatic amines is 2. The second-order valence-electron chi connectivity index (χ2n) is 11.2. The molecule has 0 radical (unpaired) electrons. The standard InChI is InChI=1S/C33H35FN8O/c1-41(2)10-9-36-25-14-22(13-24(34)17-25)32-28-18-31(38-29(28)7-8-37-32)33-27-16-21(5-6-30(27)39-40-33)23-15-26(20-35-19-23)43-12-11-42(3)4/h5-8,13-20,36,38H,9-12H2,1-4H3,(H,39,40). The molecule has 0 aliphatic carbocycles. The van der Waals surface area contributed by atoms with Crippen LogP contribution in [0.15, 0.2) is 73.2 Å². The van der Waals surface area contributed by atoms with E-state index in [1.54, 1.807) is 12.4 Å². The quantitative estimate of drug-likeness (QED) is 0.176. The largest absolute Gasteiger partial charge is 0.491 e. The van der Waals surface area contributed by atoms with Crippen molar-refractivity contribution in [3.05, 3.63) is 79.0 Å². The van der Waals surface area contributed by atoms with Gasteiger partial charge in [0.2, 0.25) is 0 Å². The third-order valence-corrected chi connectivity index (χ3v) is 7.28. The Morgan fingerprint density at radius 3 is 2.49 bits per heavy atom. The van der Waals surface area contributed by atoms with Crippen LogP contribution in [0.5, 0.6) is 5.75 Å². The van der Waals surface area contributed by atoms with Crippen molar-refractivity contribution in [2.75, 3.05) is 59.7 Å². The summed E-state index contributed by atoms with van der Waals surface area (Å²) < 4.78 is 20.6. The van der Waals surface area contributed by atoms with Crippen LogP contribution in [0.3, 0.4) is 0 Å². The lowest BCUT2D eigenvalue weighted by atomic mass is 10.0. The molecule has 0 aliphatic heterocycles. The Morgan fingerprint density at radius 2 is 1.65 bits per heavy atom. The molecule has 0 saturated carbocycles. The minimum Gasteiger partial charge on any atom is -0.491 e. The molecule has 6 rings (SSSR count). The highest BCUT2D eigenvalue weighted by Gasteiger charge is 2.16. The van der Waals surface area contributed by atoms with Gasteiger partial charge in [-0.25, -0.2) is 4.39 Å². The topological polar surface area (TPSA) is 98.0 Å². The normalized spacial score (nSPS) is 11.7. The summed E-state index contributed by atoms with van der Waals surface area (Å²) in [6, 6.07) is 17.1. The van der Waals surface area contributed by atoms with Gasteiger partial charge in [-0.2, -0.15) is 5.10 Å². The van der Waals surface area contributed by atoms with E-state index in [0.29, 0.717) is 24.4 Å². The number of ether oxygens (including phenoxy) is 1. The highest BCUT2D eigenvalue weighted by molar-refractivity contribution is 6.01. The minimum atomic E-state index is -0.313. The average molecular weight is 579 g/mol. The fraction of sp³-hybridized carbons (Fsp3) is 0.242. The summed E-state index contributed by atoms with van der Waals surface area (Å²) in [6.07, 6.45) is 5.31. The van der Waals surface area contributed by atoms with Gasteiger partial charge in [-0.3, -0.25) is 15.1 Å². The Morgan fingerprint density at radius 1 is 0.814 bits per heavy atom. The van der Waals surface area contributed by atoms with Crippen LogP contribution in [0.1, 0.15) is 0 Å². The minimum absolute atomic E-state index is 0.313. The molecular formula is C33H35FN8O. The van der Waals surface area contributed by atoms with Crippen LogP contribution in [0.4, 0.5) is 10.1 Å². The van der Waals surface area contributed by atoms with Crippen LogP contribution in [0.2, 0.25) is 0 Å². The van der Waals surface area contributed by atoms with Crippen molar-refractivity contribution in [3.63, 3.8) is 0 Å². The smallest absolute Gasteiger partial charge is 0.138 e. The Hall–Kier alpha value is -4.80. The molecule has 3 N–H and O–H groups in total. The first-order chi connectivity index (χ1) is 20.8. The molecule has 0 saturated heterocycles. The Labute approximate surface area is 249 Å². The summed E-state index contributed by atoms with van der Waals surface area (Å²) in [7, 11) is 8.05. The number of nitrogens with zero attached hydrogens (tertiary/aromatic N) is 5. The van der Waals surface area contributed by atoms with Crippen LogP contribution < -0.4 is 10.1 Å². The number of halogens is 1. The van der Waals surface area contributed by atoms with Crippen molar-refractivity contribution < 1.29 is 9.13 Å². The number of aromatic nitrogens is 5. The Bertz CT molecular complexity index is 1880. The summed E-state index contributed by atoms with van der Waals surface area (Å²) in [4.78, 5) is 16.7. The van der Waals surface area contributed by atoms with Crippen molar-refractivity contribution in [3.8, 4) is 39.5 Å². The lowest BCUT2D eigenvalue weighted by molar-refractivity contribution is 0.261. The maximum atomic E-state index is 14.7. The lowest BCUT2D eigenvalue weighted by Crippen LogP contribution is -2.20. The molecule has 220 valence electrons. The summed E-state index contributed by atoms with van der Waals surface area (Å²) in [6.45, 7) is 2.96. The van der Waals surface area contributed by atoms with Crippen molar-refractivity contribution in [2.24, 2.45) is 0 Å². The molecule has 0 unspecified atom stereocenters. The summed E-state index contributed by atoms with van der Waals surface area (Å²) in [5.74, 6) is 0.419. The number of benzene rings is 2. The van der Waals surface area contributed by atoms with E-state index in [9.17, 15) is 4.39 Å². The number of fused-ring (bicyclic) bond motifs is 2. The number of anilines is 1. The molecule has 43 heavy (non-hydrogen) atoms. The summed E-state index contributed by atoms with van der Waals surface area (Å²) >= 11 is 0. The maximum absolute atomic E-state index is 14.7. The van der Waals surface area contributed by atoms with E-state index in [1.807, 2.05) is 70.8 Å². The maximum Gasteiger partial charge on any atom is 0.138 e. The van der Waals surface area contributed by atoms with Crippen LogP contribution in [0.25, 0.3) is 55.6 Å². The van der Waals surface area contributed by atoms with E-state index >= 15 is 0 Å². The molecule has 10 heteroatoms. The van der Waals surface area contributed by atoms with Crippen LogP contribution in [-0.4, -0.2) is 89.4 Å². The van der Waals surface area contributed by atoms with Gasteiger partial charge in [0, 0.05) is 65.1 Å². The molecule has 0 amide bonds. The lowest BCUT2D eigenvalue weighted by Gasteiger charge is -2.12. The zero-order chi connectivity index (χ0) is 29.9. The van der Waals surface area contributed by atoms with Crippen molar-refractivity contribution in [1.82, 2.24) is 34.9 Å². The van der Waals surface area contributed by atoms with E-state index in [4.69, 9.17) is 4.74 Å². The Balaban J connectivity index is 1.33. The molecule has 0 aliphatic rings. The molecule has 0 spiro atoms. The number of pyridine rings is 2. The molecule has 9 nitrogen and oxygen atoms in total. The monoisotopic (exact) mass is 578 g/mol. The van der Waals surface area contributed by atoms with E-state index in [1.165, 1.54) is 12.1 Å². The number of likely N-dealkylation sites (N-methyl/N-ethyl adjacent to an activating group) is 2. The van der Waals surface area contributed by atoms with Crippen molar-refractivity contribution in [2.45, 2.75) is 0 Å². The molecule has 0 fully saturated rings. The van der Waals surface area contributed by atoms with Gasteiger partial charge in [-0.15, -0.1) is 0 Å². The van der Waals surface area contributed by atoms with Gasteiger partial charge in [0.05, 0.1) is 23.1 Å². The van der Waals surface area contributed by atoms with Gasteiger partial charge in [0.1, 0.15) is 23.9 Å². The summed E-state index contributed by atoms with van der Waals surface area (Å²) in [5.41, 5.74) is 7.53. The zero-order valence-corrected chi connectivity index (χ0v) is 24.8. The Kier molecular flexibility index (Phi) is 8.04. The van der Waals surface area contributed by atoms with E-state index in [2.05, 4.69) is 46.3 Å². The molecule has 6 aromatic rings. The van der Waals surface area contributed by atoms with Gasteiger partial charge < -0.3 is 24.8 Å². The highest BCUT2D eigenvalue weighted by Crippen LogP contribution is 2.35. The molecule has 0 atom stereocenters. The number of rotatable bonds is 11. The first kappa shape index (κ1) is 28.3. The predicted molar refractivity (Wildman–Crippen MR) is 171 cm³/mol. The van der Waals surface area contributed by atoms with Crippen molar-refractivity contribution in [1.29, 1.82) is 0 Å². The third-order valence-electron chi connectivity index (χ3n) is 7.28. The van der Waals surface area contributed by atoms with Crippen LogP contribution in [0, 0.1) is 5.82 Å².